The summed E-state index contributed by atoms with van der Waals surface area (Å²) in [6, 6.07) is 11.6. The van der Waals surface area contributed by atoms with Crippen molar-refractivity contribution < 1.29 is 9.53 Å². The van der Waals surface area contributed by atoms with Crippen LogP contribution in [0, 0.1) is 27.7 Å². The first-order valence-corrected chi connectivity index (χ1v) is 7.78. The Kier molecular flexibility index (Phi) is 5.63. The number of amides is 2. The van der Waals surface area contributed by atoms with Crippen LogP contribution >= 0.6 is 0 Å². The molecule has 4 heteroatoms. The van der Waals surface area contributed by atoms with Gasteiger partial charge in [0.15, 0.2) is 0 Å². The molecule has 2 aromatic rings. The van der Waals surface area contributed by atoms with Gasteiger partial charge in [0, 0.05) is 5.69 Å². The average Bonchev–Trinajstić information content (AvgIpc) is 2.48. The number of carbonyl (C=O) groups excluding carboxylic acids is 1. The van der Waals surface area contributed by atoms with E-state index in [-0.39, 0.29) is 6.03 Å². The molecule has 0 aliphatic heterocycles. The topological polar surface area (TPSA) is 50.4 Å². The molecule has 2 aromatic carbocycles. The Labute approximate surface area is 137 Å². The predicted molar refractivity (Wildman–Crippen MR) is 94.3 cm³/mol. The fraction of sp³-hybridized carbons (Fsp3) is 0.316. The second-order valence-electron chi connectivity index (χ2n) is 5.82. The number of aryl methyl sites for hydroxylation is 4. The monoisotopic (exact) mass is 312 g/mol. The highest BCUT2D eigenvalue weighted by Crippen LogP contribution is 2.24. The van der Waals surface area contributed by atoms with E-state index in [1.165, 1.54) is 5.56 Å². The Morgan fingerprint density at radius 2 is 1.57 bits per heavy atom. The van der Waals surface area contributed by atoms with Crippen molar-refractivity contribution in [2.45, 2.75) is 27.7 Å². The summed E-state index contributed by atoms with van der Waals surface area (Å²) in [6.07, 6.45) is 0. The second kappa shape index (κ2) is 7.68. The van der Waals surface area contributed by atoms with Crippen LogP contribution in [0.3, 0.4) is 0 Å². The third kappa shape index (κ3) is 5.02. The van der Waals surface area contributed by atoms with Gasteiger partial charge in [-0.25, -0.2) is 4.79 Å². The lowest BCUT2D eigenvalue weighted by Crippen LogP contribution is -2.32. The van der Waals surface area contributed by atoms with Crippen LogP contribution in [-0.4, -0.2) is 19.2 Å². The second-order valence-corrected chi connectivity index (χ2v) is 5.82. The minimum atomic E-state index is -0.227. The molecule has 2 amide bonds. The quantitative estimate of drug-likeness (QED) is 0.816. The van der Waals surface area contributed by atoms with Gasteiger partial charge in [0.25, 0.3) is 0 Å². The smallest absolute Gasteiger partial charge is 0.319 e. The fourth-order valence-electron chi connectivity index (χ4n) is 2.52. The molecule has 122 valence electrons. The van der Waals surface area contributed by atoms with Crippen LogP contribution in [0.25, 0.3) is 0 Å². The average molecular weight is 312 g/mol. The number of hydrogen-bond donors (Lipinski definition) is 2. The van der Waals surface area contributed by atoms with Gasteiger partial charge >= 0.3 is 6.03 Å². The number of anilines is 1. The van der Waals surface area contributed by atoms with Gasteiger partial charge < -0.3 is 15.4 Å². The number of hydrogen-bond acceptors (Lipinski definition) is 2. The van der Waals surface area contributed by atoms with Crippen molar-refractivity contribution in [3.05, 3.63) is 58.7 Å². The van der Waals surface area contributed by atoms with E-state index in [2.05, 4.69) is 29.7 Å². The zero-order valence-corrected chi connectivity index (χ0v) is 14.2. The third-order valence-corrected chi connectivity index (χ3v) is 3.55. The van der Waals surface area contributed by atoms with E-state index < -0.39 is 0 Å². The van der Waals surface area contributed by atoms with E-state index in [9.17, 15) is 4.79 Å². The molecule has 23 heavy (non-hydrogen) atoms. The molecule has 2 rings (SSSR count). The van der Waals surface area contributed by atoms with E-state index >= 15 is 0 Å². The lowest BCUT2D eigenvalue weighted by molar-refractivity contribution is 0.247. The van der Waals surface area contributed by atoms with Gasteiger partial charge in [0.2, 0.25) is 0 Å². The highest BCUT2D eigenvalue weighted by molar-refractivity contribution is 5.89. The number of carbonyl (C=O) groups is 1. The predicted octanol–water partition coefficient (Wildman–Crippen LogP) is 4.12. The molecule has 0 aliphatic carbocycles. The van der Waals surface area contributed by atoms with Crippen molar-refractivity contribution in [1.82, 2.24) is 5.32 Å². The molecule has 0 aromatic heterocycles. The summed E-state index contributed by atoms with van der Waals surface area (Å²) in [7, 11) is 0. The molecule has 0 fully saturated rings. The first-order chi connectivity index (χ1) is 11.0. The van der Waals surface area contributed by atoms with Gasteiger partial charge in [-0.3, -0.25) is 0 Å². The number of benzene rings is 2. The van der Waals surface area contributed by atoms with Crippen molar-refractivity contribution in [3.8, 4) is 5.75 Å². The zero-order valence-electron chi connectivity index (χ0n) is 14.2. The summed E-state index contributed by atoms with van der Waals surface area (Å²) in [6.45, 7) is 9.03. The standard InChI is InChI=1S/C19H24N2O2/c1-13-5-7-17(8-6-13)21-19(22)20-9-10-23-18-15(3)11-14(2)12-16(18)4/h5-8,11-12H,9-10H2,1-4H3,(H2,20,21,22). The van der Waals surface area contributed by atoms with Crippen molar-refractivity contribution in [2.24, 2.45) is 0 Å². The third-order valence-electron chi connectivity index (χ3n) is 3.55. The molecule has 0 heterocycles. The molecule has 4 nitrogen and oxygen atoms in total. The van der Waals surface area contributed by atoms with Crippen LogP contribution < -0.4 is 15.4 Å². The summed E-state index contributed by atoms with van der Waals surface area (Å²) in [5.74, 6) is 0.899. The number of rotatable bonds is 5. The molecule has 0 atom stereocenters. The number of urea groups is 1. The van der Waals surface area contributed by atoms with E-state index in [0.717, 1.165) is 28.1 Å². The molecule has 0 spiro atoms. The lowest BCUT2D eigenvalue weighted by Gasteiger charge is -2.13. The molecule has 0 saturated carbocycles. The highest BCUT2D eigenvalue weighted by atomic mass is 16.5. The summed E-state index contributed by atoms with van der Waals surface area (Å²) in [5.41, 5.74) is 5.40. The molecular formula is C19H24N2O2. The molecule has 0 saturated heterocycles. The minimum Gasteiger partial charge on any atom is -0.491 e. The van der Waals surface area contributed by atoms with Gasteiger partial charge in [-0.1, -0.05) is 35.4 Å². The summed E-state index contributed by atoms with van der Waals surface area (Å²) in [5, 5.41) is 5.58. The number of nitrogens with one attached hydrogen (secondary N) is 2. The Morgan fingerprint density at radius 3 is 2.17 bits per heavy atom. The van der Waals surface area contributed by atoms with Crippen molar-refractivity contribution in [2.75, 3.05) is 18.5 Å². The molecule has 0 aliphatic rings. The van der Waals surface area contributed by atoms with E-state index in [1.807, 2.05) is 45.0 Å². The van der Waals surface area contributed by atoms with E-state index in [1.54, 1.807) is 0 Å². The molecule has 0 radical (unpaired) electrons. The fourth-order valence-corrected chi connectivity index (χ4v) is 2.52. The Morgan fingerprint density at radius 1 is 0.957 bits per heavy atom. The SMILES string of the molecule is Cc1ccc(NC(=O)NCCOc2c(C)cc(C)cc2C)cc1. The largest absolute Gasteiger partial charge is 0.491 e. The maximum absolute atomic E-state index is 11.8. The molecular weight excluding hydrogens is 288 g/mol. The van der Waals surface area contributed by atoms with Crippen LogP contribution in [0.5, 0.6) is 5.75 Å². The van der Waals surface area contributed by atoms with Crippen LogP contribution in [0.4, 0.5) is 10.5 Å². The summed E-state index contributed by atoms with van der Waals surface area (Å²) in [4.78, 5) is 11.8. The molecule has 0 unspecified atom stereocenters. The lowest BCUT2D eigenvalue weighted by atomic mass is 10.1. The first-order valence-electron chi connectivity index (χ1n) is 7.78. The molecule has 2 N–H and O–H groups in total. The maximum Gasteiger partial charge on any atom is 0.319 e. The van der Waals surface area contributed by atoms with Gasteiger partial charge in [0.1, 0.15) is 12.4 Å². The van der Waals surface area contributed by atoms with Crippen LogP contribution in [-0.2, 0) is 0 Å². The van der Waals surface area contributed by atoms with Gasteiger partial charge in [0.05, 0.1) is 6.54 Å². The Bertz CT molecular complexity index is 655. The van der Waals surface area contributed by atoms with E-state index in [4.69, 9.17) is 4.74 Å². The first kappa shape index (κ1) is 16.9. The van der Waals surface area contributed by atoms with Gasteiger partial charge in [-0.05, 0) is 51.0 Å². The highest BCUT2D eigenvalue weighted by Gasteiger charge is 2.05. The summed E-state index contributed by atoms with van der Waals surface area (Å²) >= 11 is 0. The minimum absolute atomic E-state index is 0.227. The Balaban J connectivity index is 1.77. The van der Waals surface area contributed by atoms with Crippen LogP contribution in [0.2, 0.25) is 0 Å². The zero-order chi connectivity index (χ0) is 16.8. The van der Waals surface area contributed by atoms with Crippen molar-refractivity contribution in [3.63, 3.8) is 0 Å². The van der Waals surface area contributed by atoms with Gasteiger partial charge in [-0.15, -0.1) is 0 Å². The van der Waals surface area contributed by atoms with Crippen LogP contribution in [0.1, 0.15) is 22.3 Å². The summed E-state index contributed by atoms with van der Waals surface area (Å²) < 4.78 is 5.80. The van der Waals surface area contributed by atoms with Crippen LogP contribution in [0.15, 0.2) is 36.4 Å². The van der Waals surface area contributed by atoms with Crippen molar-refractivity contribution in [1.29, 1.82) is 0 Å². The van der Waals surface area contributed by atoms with E-state index in [0.29, 0.717) is 13.2 Å². The van der Waals surface area contributed by atoms with Crippen molar-refractivity contribution >= 4 is 11.7 Å². The number of ether oxygens (including phenoxy) is 1. The van der Waals surface area contributed by atoms with Gasteiger partial charge in [-0.2, -0.15) is 0 Å². The maximum atomic E-state index is 11.8. The Hall–Kier alpha value is -2.49. The molecule has 0 bridgehead atoms. The normalized spacial score (nSPS) is 10.3.